The zero-order valence-corrected chi connectivity index (χ0v) is 14.1. The number of rotatable bonds is 3. The largest absolute Gasteiger partial charge is 0.497 e. The van der Waals surface area contributed by atoms with Gasteiger partial charge in [-0.05, 0) is 48.6 Å². The molecule has 0 radical (unpaired) electrons. The summed E-state index contributed by atoms with van der Waals surface area (Å²) in [6.45, 7) is 1.50. The van der Waals surface area contributed by atoms with E-state index >= 15 is 0 Å². The summed E-state index contributed by atoms with van der Waals surface area (Å²) in [6, 6.07) is 7.81. The van der Waals surface area contributed by atoms with Crippen molar-refractivity contribution in [1.82, 2.24) is 20.1 Å². The maximum atomic E-state index is 12.5. The van der Waals surface area contributed by atoms with E-state index in [0.717, 1.165) is 37.2 Å². The van der Waals surface area contributed by atoms with E-state index in [4.69, 9.17) is 4.74 Å². The number of carbonyl (C=O) groups is 1. The maximum Gasteiger partial charge on any atom is 0.255 e. The van der Waals surface area contributed by atoms with Gasteiger partial charge in [-0.3, -0.25) is 4.79 Å². The van der Waals surface area contributed by atoms with Crippen molar-refractivity contribution in [3.63, 3.8) is 0 Å². The number of hydrogen-bond acceptors (Lipinski definition) is 4. The third kappa shape index (κ3) is 2.95. The first-order chi connectivity index (χ1) is 12.3. The third-order valence-corrected chi connectivity index (χ3v) is 4.97. The molecule has 3 aromatic rings. The van der Waals surface area contributed by atoms with Crippen LogP contribution in [0.4, 0.5) is 0 Å². The first kappa shape index (κ1) is 15.6. The van der Waals surface area contributed by atoms with E-state index in [1.165, 1.54) is 17.1 Å². The predicted molar refractivity (Wildman–Crippen MR) is 94.8 cm³/mol. The summed E-state index contributed by atoms with van der Waals surface area (Å²) in [7, 11) is 1.69. The quantitative estimate of drug-likeness (QED) is 0.798. The Labute approximate surface area is 145 Å². The summed E-state index contributed by atoms with van der Waals surface area (Å²) >= 11 is 0. The van der Waals surface area contributed by atoms with Crippen molar-refractivity contribution in [2.45, 2.75) is 18.8 Å². The number of likely N-dealkylation sites (tertiary alicyclic amines) is 1. The van der Waals surface area contributed by atoms with Crippen molar-refractivity contribution in [3.8, 4) is 5.75 Å². The lowest BCUT2D eigenvalue weighted by Crippen LogP contribution is -2.37. The minimum atomic E-state index is 0.0361. The van der Waals surface area contributed by atoms with Gasteiger partial charge in [-0.15, -0.1) is 0 Å². The number of amides is 1. The molecule has 0 aliphatic carbocycles. The molecule has 6 heteroatoms. The minimum Gasteiger partial charge on any atom is -0.497 e. The Morgan fingerprint density at radius 2 is 2.08 bits per heavy atom. The minimum absolute atomic E-state index is 0.0361. The van der Waals surface area contributed by atoms with Gasteiger partial charge in [0.1, 0.15) is 5.75 Å². The lowest BCUT2D eigenvalue weighted by Gasteiger charge is -2.32. The number of carbonyl (C=O) groups excluding carboxylic acids is 1. The molecular formula is C19H20N4O2. The number of fused-ring (bicyclic) bond motifs is 1. The van der Waals surface area contributed by atoms with Gasteiger partial charge in [0.15, 0.2) is 0 Å². The van der Waals surface area contributed by atoms with Gasteiger partial charge >= 0.3 is 0 Å². The van der Waals surface area contributed by atoms with Gasteiger partial charge in [-0.2, -0.15) is 10.2 Å². The average Bonchev–Trinajstić information content (AvgIpc) is 3.11. The lowest BCUT2D eigenvalue weighted by molar-refractivity contribution is 0.0712. The molecule has 1 aliphatic heterocycles. The van der Waals surface area contributed by atoms with E-state index in [1.807, 2.05) is 17.0 Å². The molecule has 0 unspecified atom stereocenters. The van der Waals surface area contributed by atoms with Crippen LogP contribution in [0.3, 0.4) is 0 Å². The highest BCUT2D eigenvalue weighted by Gasteiger charge is 2.26. The van der Waals surface area contributed by atoms with E-state index in [2.05, 4.69) is 27.4 Å². The highest BCUT2D eigenvalue weighted by atomic mass is 16.5. The third-order valence-electron chi connectivity index (χ3n) is 4.97. The molecule has 3 heterocycles. The van der Waals surface area contributed by atoms with Crippen molar-refractivity contribution in [2.24, 2.45) is 0 Å². The van der Waals surface area contributed by atoms with Crippen LogP contribution in [0.1, 0.15) is 34.7 Å². The summed E-state index contributed by atoms with van der Waals surface area (Å²) in [5, 5.41) is 8.73. The van der Waals surface area contributed by atoms with Gasteiger partial charge in [0.25, 0.3) is 5.91 Å². The fraction of sp³-hybridized carbons (Fsp3) is 0.316. The topological polar surface area (TPSA) is 71.1 Å². The molecule has 0 spiro atoms. The van der Waals surface area contributed by atoms with Crippen LogP contribution in [-0.4, -0.2) is 46.2 Å². The van der Waals surface area contributed by atoms with E-state index in [9.17, 15) is 4.79 Å². The van der Waals surface area contributed by atoms with Crippen molar-refractivity contribution < 1.29 is 9.53 Å². The van der Waals surface area contributed by atoms with Crippen molar-refractivity contribution in [1.29, 1.82) is 0 Å². The molecule has 4 rings (SSSR count). The number of methoxy groups -OCH3 is 1. The second-order valence-corrected chi connectivity index (χ2v) is 6.35. The van der Waals surface area contributed by atoms with Crippen LogP contribution in [0, 0.1) is 0 Å². The maximum absolute atomic E-state index is 12.5. The highest BCUT2D eigenvalue weighted by Crippen LogP contribution is 2.34. The van der Waals surface area contributed by atoms with Gasteiger partial charge < -0.3 is 14.6 Å². The fourth-order valence-electron chi connectivity index (χ4n) is 3.58. The van der Waals surface area contributed by atoms with Crippen LogP contribution < -0.4 is 4.74 Å². The Kier molecular flexibility index (Phi) is 4.09. The number of aromatic amines is 1. The monoisotopic (exact) mass is 336 g/mol. The average molecular weight is 336 g/mol. The molecule has 0 saturated carbocycles. The standard InChI is InChI=1S/C19H20N4O2/c1-25-15-2-3-18-16(10-15)17(12-20-18)13-5-8-23(9-6-13)19(24)14-4-7-21-22-11-14/h2-4,7,10-13,20H,5-6,8-9H2,1H3. The van der Waals surface area contributed by atoms with Crippen molar-refractivity contribution in [2.75, 3.05) is 20.2 Å². The number of H-pyrrole nitrogens is 1. The van der Waals surface area contributed by atoms with E-state index in [0.29, 0.717) is 11.5 Å². The fourth-order valence-corrected chi connectivity index (χ4v) is 3.58. The molecule has 1 N–H and O–H groups in total. The number of piperidine rings is 1. The van der Waals surface area contributed by atoms with Crippen LogP contribution in [0.25, 0.3) is 10.9 Å². The van der Waals surface area contributed by atoms with Crippen LogP contribution in [0.15, 0.2) is 42.9 Å². The first-order valence-corrected chi connectivity index (χ1v) is 8.47. The van der Waals surface area contributed by atoms with Crippen molar-refractivity contribution >= 4 is 16.8 Å². The van der Waals surface area contributed by atoms with Crippen molar-refractivity contribution in [3.05, 3.63) is 54.0 Å². The van der Waals surface area contributed by atoms with Crippen LogP contribution in [0.2, 0.25) is 0 Å². The molecule has 25 heavy (non-hydrogen) atoms. The Morgan fingerprint density at radius 1 is 1.24 bits per heavy atom. The number of nitrogens with zero attached hydrogens (tertiary/aromatic N) is 3. The zero-order valence-electron chi connectivity index (χ0n) is 14.1. The Bertz CT molecular complexity index is 883. The molecule has 0 atom stereocenters. The predicted octanol–water partition coefficient (Wildman–Crippen LogP) is 2.99. The van der Waals surface area contributed by atoms with Crippen LogP contribution in [0.5, 0.6) is 5.75 Å². The summed E-state index contributed by atoms with van der Waals surface area (Å²) in [5.41, 5.74) is 3.04. The van der Waals surface area contributed by atoms with Gasteiger partial charge in [0, 0.05) is 30.2 Å². The molecule has 1 aromatic carbocycles. The van der Waals surface area contributed by atoms with Gasteiger partial charge in [0.2, 0.25) is 0 Å². The number of benzene rings is 1. The normalized spacial score (nSPS) is 15.5. The number of hydrogen-bond donors (Lipinski definition) is 1. The van der Waals surface area contributed by atoms with E-state index in [1.54, 1.807) is 19.4 Å². The second kappa shape index (κ2) is 6.55. The smallest absolute Gasteiger partial charge is 0.255 e. The Morgan fingerprint density at radius 3 is 2.80 bits per heavy atom. The Balaban J connectivity index is 1.50. The lowest BCUT2D eigenvalue weighted by atomic mass is 9.89. The second-order valence-electron chi connectivity index (χ2n) is 6.35. The molecule has 1 aliphatic rings. The zero-order chi connectivity index (χ0) is 17.2. The molecule has 0 bridgehead atoms. The molecular weight excluding hydrogens is 316 g/mol. The van der Waals surface area contributed by atoms with Crippen LogP contribution in [-0.2, 0) is 0 Å². The number of nitrogens with one attached hydrogen (secondary N) is 1. The van der Waals surface area contributed by atoms with E-state index < -0.39 is 0 Å². The highest BCUT2D eigenvalue weighted by molar-refractivity contribution is 5.94. The van der Waals surface area contributed by atoms with Gasteiger partial charge in [0.05, 0.1) is 25.1 Å². The summed E-state index contributed by atoms with van der Waals surface area (Å²) in [4.78, 5) is 17.8. The van der Waals surface area contributed by atoms with E-state index in [-0.39, 0.29) is 5.91 Å². The summed E-state index contributed by atoms with van der Waals surface area (Å²) < 4.78 is 5.35. The molecule has 1 amide bonds. The SMILES string of the molecule is COc1ccc2[nH]cc(C3CCN(C(=O)c4ccnnc4)CC3)c2c1. The first-order valence-electron chi connectivity index (χ1n) is 8.47. The van der Waals surface area contributed by atoms with Crippen LogP contribution >= 0.6 is 0 Å². The molecule has 1 saturated heterocycles. The molecule has 128 valence electrons. The summed E-state index contributed by atoms with van der Waals surface area (Å²) in [5.74, 6) is 1.35. The molecule has 1 fully saturated rings. The number of aromatic nitrogens is 3. The van der Waals surface area contributed by atoms with Gasteiger partial charge in [-0.1, -0.05) is 0 Å². The Hall–Kier alpha value is -2.89. The summed E-state index contributed by atoms with van der Waals surface area (Å²) in [6.07, 6.45) is 7.08. The molecule has 6 nitrogen and oxygen atoms in total. The molecule has 2 aromatic heterocycles. The van der Waals surface area contributed by atoms with Gasteiger partial charge in [-0.25, -0.2) is 0 Å². The number of ether oxygens (including phenoxy) is 1.